The first-order valence-corrected chi connectivity index (χ1v) is 9.37. The van der Waals surface area contributed by atoms with E-state index in [9.17, 15) is 12.8 Å². The Morgan fingerprint density at radius 1 is 1.14 bits per heavy atom. The van der Waals surface area contributed by atoms with Crippen LogP contribution in [-0.2, 0) is 9.84 Å². The predicted octanol–water partition coefficient (Wildman–Crippen LogP) is 2.42. The summed E-state index contributed by atoms with van der Waals surface area (Å²) in [7, 11) is -2.85. The molecule has 0 bridgehead atoms. The van der Waals surface area contributed by atoms with E-state index in [0.29, 0.717) is 18.5 Å². The van der Waals surface area contributed by atoms with Crippen molar-refractivity contribution >= 4 is 21.2 Å². The van der Waals surface area contributed by atoms with Gasteiger partial charge in [-0.05, 0) is 43.9 Å². The third-order valence-corrected chi connectivity index (χ3v) is 6.04. The van der Waals surface area contributed by atoms with Crippen molar-refractivity contribution in [3.8, 4) is 0 Å². The highest BCUT2D eigenvalue weighted by atomic mass is 32.2. The van der Waals surface area contributed by atoms with Crippen LogP contribution in [0.3, 0.4) is 0 Å². The number of rotatable bonds is 3. The van der Waals surface area contributed by atoms with Gasteiger partial charge in [0.05, 0.1) is 17.2 Å². The van der Waals surface area contributed by atoms with E-state index >= 15 is 0 Å². The van der Waals surface area contributed by atoms with E-state index in [1.807, 2.05) is 12.1 Å². The molecular formula is C15H21FN2O2S. The zero-order chi connectivity index (χ0) is 14.9. The Kier molecular flexibility index (Phi) is 4.06. The molecule has 2 aliphatic rings. The summed E-state index contributed by atoms with van der Waals surface area (Å²) in [6.07, 6.45) is 3.43. The quantitative estimate of drug-likeness (QED) is 0.931. The number of nitrogens with zero attached hydrogens (tertiary/aromatic N) is 1. The third kappa shape index (κ3) is 3.48. The lowest BCUT2D eigenvalue weighted by molar-refractivity contribution is 0.559. The van der Waals surface area contributed by atoms with Crippen molar-refractivity contribution in [1.82, 2.24) is 0 Å². The second-order valence-corrected chi connectivity index (χ2v) is 8.23. The molecule has 0 saturated carbocycles. The number of halogens is 1. The fourth-order valence-corrected chi connectivity index (χ4v) is 4.57. The average molecular weight is 312 g/mol. The van der Waals surface area contributed by atoms with Gasteiger partial charge in [-0.2, -0.15) is 0 Å². The van der Waals surface area contributed by atoms with Crippen molar-refractivity contribution in [1.29, 1.82) is 0 Å². The highest BCUT2D eigenvalue weighted by Crippen LogP contribution is 2.27. The molecule has 1 aromatic rings. The fourth-order valence-electron chi connectivity index (χ4n) is 3.08. The van der Waals surface area contributed by atoms with Crippen molar-refractivity contribution in [2.24, 2.45) is 0 Å². The van der Waals surface area contributed by atoms with Gasteiger partial charge < -0.3 is 10.2 Å². The van der Waals surface area contributed by atoms with Gasteiger partial charge in [-0.1, -0.05) is 0 Å². The molecule has 116 valence electrons. The van der Waals surface area contributed by atoms with Crippen molar-refractivity contribution in [3.05, 3.63) is 24.0 Å². The number of nitrogens with one attached hydrogen (secondary N) is 1. The lowest BCUT2D eigenvalue weighted by Crippen LogP contribution is -2.32. The van der Waals surface area contributed by atoms with E-state index in [1.165, 1.54) is 6.07 Å². The van der Waals surface area contributed by atoms with Gasteiger partial charge in [0.15, 0.2) is 0 Å². The van der Waals surface area contributed by atoms with Gasteiger partial charge >= 0.3 is 0 Å². The molecule has 4 nitrogen and oxygen atoms in total. The van der Waals surface area contributed by atoms with Gasteiger partial charge in [0.1, 0.15) is 15.7 Å². The minimum absolute atomic E-state index is 0.116. The molecule has 1 aromatic carbocycles. The van der Waals surface area contributed by atoms with Crippen LogP contribution in [0.4, 0.5) is 15.8 Å². The highest BCUT2D eigenvalue weighted by molar-refractivity contribution is 7.91. The molecule has 3 rings (SSSR count). The molecule has 21 heavy (non-hydrogen) atoms. The van der Waals surface area contributed by atoms with Crippen LogP contribution in [0, 0.1) is 5.82 Å². The van der Waals surface area contributed by atoms with Crippen LogP contribution >= 0.6 is 0 Å². The van der Waals surface area contributed by atoms with Crippen molar-refractivity contribution in [2.75, 3.05) is 34.8 Å². The molecule has 0 aliphatic carbocycles. The van der Waals surface area contributed by atoms with Gasteiger partial charge in [0, 0.05) is 24.8 Å². The van der Waals surface area contributed by atoms with Crippen molar-refractivity contribution < 1.29 is 12.8 Å². The zero-order valence-electron chi connectivity index (χ0n) is 12.0. The molecule has 0 atom stereocenters. The smallest absolute Gasteiger partial charge is 0.150 e. The maximum absolute atomic E-state index is 14.2. The summed E-state index contributed by atoms with van der Waals surface area (Å²) < 4.78 is 37.0. The van der Waals surface area contributed by atoms with E-state index in [0.717, 1.165) is 31.6 Å². The minimum atomic E-state index is -2.85. The van der Waals surface area contributed by atoms with Gasteiger partial charge in [-0.25, -0.2) is 12.8 Å². The summed E-state index contributed by atoms with van der Waals surface area (Å²) in [4.78, 5) is 2.08. The average Bonchev–Trinajstić information content (AvgIpc) is 2.95. The van der Waals surface area contributed by atoms with Gasteiger partial charge in [-0.15, -0.1) is 0 Å². The van der Waals surface area contributed by atoms with Gasteiger partial charge in [0.2, 0.25) is 0 Å². The van der Waals surface area contributed by atoms with E-state index in [2.05, 4.69) is 10.2 Å². The standard InChI is InChI=1S/C15H21FN2O2S/c16-14-11-13(3-4-15(14)18-7-1-2-8-18)17-12-5-9-21(19,20)10-6-12/h3-4,11-12,17H,1-2,5-10H2. The number of hydrogen-bond donors (Lipinski definition) is 1. The lowest BCUT2D eigenvalue weighted by atomic mass is 10.1. The van der Waals surface area contributed by atoms with Crippen LogP contribution in [0.15, 0.2) is 18.2 Å². The Bertz CT molecular complexity index is 598. The van der Waals surface area contributed by atoms with Crippen LogP contribution < -0.4 is 10.2 Å². The maximum atomic E-state index is 14.2. The molecule has 1 N–H and O–H groups in total. The van der Waals surface area contributed by atoms with Crippen LogP contribution in [0.25, 0.3) is 0 Å². The molecule has 0 radical (unpaired) electrons. The summed E-state index contributed by atoms with van der Waals surface area (Å²) >= 11 is 0. The fraction of sp³-hybridized carbons (Fsp3) is 0.600. The topological polar surface area (TPSA) is 49.4 Å². The Balaban J connectivity index is 1.65. The summed E-state index contributed by atoms with van der Waals surface area (Å²) in [5, 5.41) is 3.25. The summed E-state index contributed by atoms with van der Waals surface area (Å²) in [6.45, 7) is 1.84. The molecule has 0 unspecified atom stereocenters. The first kappa shape index (κ1) is 14.6. The molecule has 2 aliphatic heterocycles. The van der Waals surface area contributed by atoms with Crippen molar-refractivity contribution in [2.45, 2.75) is 31.7 Å². The minimum Gasteiger partial charge on any atom is -0.382 e. The van der Waals surface area contributed by atoms with Crippen LogP contribution in [0.1, 0.15) is 25.7 Å². The van der Waals surface area contributed by atoms with E-state index in [1.54, 1.807) is 0 Å². The summed E-state index contributed by atoms with van der Waals surface area (Å²) in [5.41, 5.74) is 1.41. The lowest BCUT2D eigenvalue weighted by Gasteiger charge is -2.25. The Labute approximate surface area is 125 Å². The van der Waals surface area contributed by atoms with Crippen LogP contribution in [-0.4, -0.2) is 39.1 Å². The number of hydrogen-bond acceptors (Lipinski definition) is 4. The summed E-state index contributed by atoms with van der Waals surface area (Å²) in [5.74, 6) is 0.239. The number of anilines is 2. The predicted molar refractivity (Wildman–Crippen MR) is 83.1 cm³/mol. The second kappa shape index (κ2) is 5.83. The highest BCUT2D eigenvalue weighted by Gasteiger charge is 2.23. The van der Waals surface area contributed by atoms with Crippen molar-refractivity contribution in [3.63, 3.8) is 0 Å². The molecule has 2 fully saturated rings. The van der Waals surface area contributed by atoms with Crippen LogP contribution in [0.2, 0.25) is 0 Å². The Morgan fingerprint density at radius 3 is 2.43 bits per heavy atom. The molecule has 6 heteroatoms. The third-order valence-electron chi connectivity index (χ3n) is 4.32. The monoisotopic (exact) mass is 312 g/mol. The Hall–Kier alpha value is -1.30. The molecule has 0 aromatic heterocycles. The maximum Gasteiger partial charge on any atom is 0.150 e. The van der Waals surface area contributed by atoms with E-state index in [4.69, 9.17) is 0 Å². The molecule has 2 saturated heterocycles. The largest absolute Gasteiger partial charge is 0.382 e. The zero-order valence-corrected chi connectivity index (χ0v) is 12.8. The SMILES string of the molecule is O=S1(=O)CCC(Nc2ccc(N3CCCC3)c(F)c2)CC1. The van der Waals surface area contributed by atoms with Gasteiger partial charge in [0.25, 0.3) is 0 Å². The molecule has 0 amide bonds. The number of sulfone groups is 1. The first-order chi connectivity index (χ1) is 10.0. The van der Waals surface area contributed by atoms with Crippen LogP contribution in [0.5, 0.6) is 0 Å². The number of benzene rings is 1. The van der Waals surface area contributed by atoms with E-state index < -0.39 is 9.84 Å². The summed E-state index contributed by atoms with van der Waals surface area (Å²) in [6, 6.07) is 5.35. The normalized spacial score (nSPS) is 22.4. The van der Waals surface area contributed by atoms with E-state index in [-0.39, 0.29) is 23.4 Å². The molecule has 0 spiro atoms. The second-order valence-electron chi connectivity index (χ2n) is 5.93. The first-order valence-electron chi connectivity index (χ1n) is 7.55. The Morgan fingerprint density at radius 2 is 1.81 bits per heavy atom. The molecule has 2 heterocycles. The molecular weight excluding hydrogens is 291 g/mol. The van der Waals surface area contributed by atoms with Gasteiger partial charge in [-0.3, -0.25) is 0 Å².